The van der Waals surface area contributed by atoms with Gasteiger partial charge in [-0.1, -0.05) is 0 Å². The van der Waals surface area contributed by atoms with Gasteiger partial charge in [-0.2, -0.15) is 0 Å². The topological polar surface area (TPSA) is 18.5 Å². The van der Waals surface area contributed by atoms with E-state index in [-0.39, 0.29) is 0 Å². The average molecular weight is 241 g/mol. The third-order valence-electron chi connectivity index (χ3n) is 3.67. The summed E-state index contributed by atoms with van der Waals surface area (Å²) in [5.74, 6) is 0.866. The van der Waals surface area contributed by atoms with Crippen molar-refractivity contribution in [3.63, 3.8) is 0 Å². The second-order valence-electron chi connectivity index (χ2n) is 5.96. The van der Waals surface area contributed by atoms with Crippen molar-refractivity contribution >= 4 is 0 Å². The lowest BCUT2D eigenvalue weighted by molar-refractivity contribution is 0.165. The molecule has 0 saturated carbocycles. The zero-order valence-corrected chi connectivity index (χ0v) is 12.2. The molecule has 17 heavy (non-hydrogen) atoms. The summed E-state index contributed by atoms with van der Waals surface area (Å²) in [7, 11) is 4.32. The van der Waals surface area contributed by atoms with Gasteiger partial charge in [0.2, 0.25) is 0 Å². The third-order valence-corrected chi connectivity index (χ3v) is 3.67. The molecule has 1 rings (SSSR count). The zero-order chi connectivity index (χ0) is 12.7. The molecule has 3 heteroatoms. The van der Waals surface area contributed by atoms with Gasteiger partial charge in [0, 0.05) is 12.6 Å². The minimum absolute atomic E-state index is 0.680. The second-order valence-corrected chi connectivity index (χ2v) is 5.96. The van der Waals surface area contributed by atoms with Gasteiger partial charge in [0.05, 0.1) is 0 Å². The lowest BCUT2D eigenvalue weighted by Gasteiger charge is -2.33. The van der Waals surface area contributed by atoms with Crippen LogP contribution in [-0.4, -0.2) is 62.7 Å². The number of nitrogens with one attached hydrogen (secondary N) is 1. The molecule has 0 aliphatic carbocycles. The summed E-state index contributed by atoms with van der Waals surface area (Å²) in [4.78, 5) is 4.93. The molecule has 1 saturated heterocycles. The van der Waals surface area contributed by atoms with Crippen LogP contribution in [0.4, 0.5) is 0 Å². The van der Waals surface area contributed by atoms with E-state index in [2.05, 4.69) is 43.1 Å². The number of hydrogen-bond acceptors (Lipinski definition) is 3. The molecule has 0 aromatic rings. The third kappa shape index (κ3) is 6.39. The highest BCUT2D eigenvalue weighted by Crippen LogP contribution is 2.13. The molecule has 1 fully saturated rings. The molecule has 0 amide bonds. The molecule has 1 aliphatic heterocycles. The average Bonchev–Trinajstić information content (AvgIpc) is 2.28. The molecule has 1 N–H and O–H groups in total. The second kappa shape index (κ2) is 8.06. The van der Waals surface area contributed by atoms with E-state index < -0.39 is 0 Å². The van der Waals surface area contributed by atoms with E-state index in [1.54, 1.807) is 0 Å². The molecule has 0 bridgehead atoms. The molecule has 0 aromatic heterocycles. The van der Waals surface area contributed by atoms with Gasteiger partial charge in [-0.25, -0.2) is 0 Å². The summed E-state index contributed by atoms with van der Waals surface area (Å²) < 4.78 is 0. The van der Waals surface area contributed by atoms with Crippen LogP contribution in [0.15, 0.2) is 0 Å². The number of rotatable bonds is 7. The van der Waals surface area contributed by atoms with Crippen LogP contribution in [0.3, 0.4) is 0 Å². The van der Waals surface area contributed by atoms with E-state index in [1.807, 2.05) is 0 Å². The first-order valence-corrected chi connectivity index (χ1v) is 7.19. The maximum absolute atomic E-state index is 3.52. The largest absolute Gasteiger partial charge is 0.316 e. The summed E-state index contributed by atoms with van der Waals surface area (Å²) in [6.07, 6.45) is 4.05. The first-order chi connectivity index (χ1) is 8.09. The van der Waals surface area contributed by atoms with Crippen LogP contribution < -0.4 is 5.32 Å². The molecule has 0 spiro atoms. The molecule has 1 aliphatic rings. The standard InChI is InChI=1S/C14H31N3/c1-13(2)17(10-6-9-16(3)4)12-14-7-5-8-15-11-14/h13-15H,5-12H2,1-4H3. The van der Waals surface area contributed by atoms with E-state index in [0.717, 1.165) is 5.92 Å². The Morgan fingerprint density at radius 3 is 2.53 bits per heavy atom. The maximum atomic E-state index is 3.52. The zero-order valence-electron chi connectivity index (χ0n) is 12.2. The highest BCUT2D eigenvalue weighted by Gasteiger charge is 2.18. The van der Waals surface area contributed by atoms with Crippen molar-refractivity contribution in [3.05, 3.63) is 0 Å². The molecule has 1 unspecified atom stereocenters. The van der Waals surface area contributed by atoms with Crippen molar-refractivity contribution in [2.45, 2.75) is 39.2 Å². The SMILES string of the molecule is CC(C)N(CCCN(C)C)CC1CCCNC1. The first kappa shape index (κ1) is 14.9. The predicted octanol–water partition coefficient (Wildman–Crippen LogP) is 1.65. The Morgan fingerprint density at radius 1 is 1.24 bits per heavy atom. The Bertz CT molecular complexity index is 186. The molecule has 0 radical (unpaired) electrons. The Morgan fingerprint density at radius 2 is 2.00 bits per heavy atom. The number of piperidine rings is 1. The summed E-state index contributed by atoms with van der Waals surface area (Å²) in [6, 6.07) is 0.680. The summed E-state index contributed by atoms with van der Waals surface area (Å²) in [5, 5.41) is 3.52. The minimum atomic E-state index is 0.680. The highest BCUT2D eigenvalue weighted by molar-refractivity contribution is 4.74. The Balaban J connectivity index is 2.26. The van der Waals surface area contributed by atoms with Gasteiger partial charge in [0.15, 0.2) is 0 Å². The summed E-state index contributed by atoms with van der Waals surface area (Å²) >= 11 is 0. The van der Waals surface area contributed by atoms with Crippen LogP contribution in [0.1, 0.15) is 33.1 Å². The van der Waals surface area contributed by atoms with Crippen molar-refractivity contribution in [2.75, 3.05) is 46.8 Å². The molecular weight excluding hydrogens is 210 g/mol. The Labute approximate surface area is 108 Å². The van der Waals surface area contributed by atoms with Gasteiger partial charge in [0.1, 0.15) is 0 Å². The minimum Gasteiger partial charge on any atom is -0.316 e. The van der Waals surface area contributed by atoms with E-state index in [0.29, 0.717) is 6.04 Å². The van der Waals surface area contributed by atoms with Crippen molar-refractivity contribution in [1.29, 1.82) is 0 Å². The fourth-order valence-electron chi connectivity index (χ4n) is 2.56. The monoisotopic (exact) mass is 241 g/mol. The van der Waals surface area contributed by atoms with Gasteiger partial charge in [-0.15, -0.1) is 0 Å². The highest BCUT2D eigenvalue weighted by atomic mass is 15.2. The fraction of sp³-hybridized carbons (Fsp3) is 1.00. The van der Waals surface area contributed by atoms with E-state index in [9.17, 15) is 0 Å². The van der Waals surface area contributed by atoms with Crippen molar-refractivity contribution < 1.29 is 0 Å². The quantitative estimate of drug-likeness (QED) is 0.731. The van der Waals surface area contributed by atoms with Crippen LogP contribution in [-0.2, 0) is 0 Å². The lowest BCUT2D eigenvalue weighted by atomic mass is 9.98. The lowest BCUT2D eigenvalue weighted by Crippen LogP contribution is -2.42. The van der Waals surface area contributed by atoms with Gasteiger partial charge in [-0.3, -0.25) is 0 Å². The fourth-order valence-corrected chi connectivity index (χ4v) is 2.56. The van der Waals surface area contributed by atoms with Gasteiger partial charge < -0.3 is 15.1 Å². The summed E-state index contributed by atoms with van der Waals surface area (Å²) in [5.41, 5.74) is 0. The normalized spacial score (nSPS) is 21.7. The molecule has 102 valence electrons. The molecule has 0 aromatic carbocycles. The Kier molecular flexibility index (Phi) is 7.09. The van der Waals surface area contributed by atoms with E-state index >= 15 is 0 Å². The molecule has 3 nitrogen and oxygen atoms in total. The van der Waals surface area contributed by atoms with Gasteiger partial charge in [0.25, 0.3) is 0 Å². The summed E-state index contributed by atoms with van der Waals surface area (Å²) in [6.45, 7) is 10.8. The molecular formula is C14H31N3. The number of nitrogens with zero attached hydrogens (tertiary/aromatic N) is 2. The molecule has 1 atom stereocenters. The van der Waals surface area contributed by atoms with E-state index in [1.165, 1.54) is 52.0 Å². The van der Waals surface area contributed by atoms with Gasteiger partial charge in [-0.05, 0) is 79.3 Å². The Hall–Kier alpha value is -0.120. The van der Waals surface area contributed by atoms with Crippen LogP contribution in [0.25, 0.3) is 0 Å². The van der Waals surface area contributed by atoms with Crippen molar-refractivity contribution in [2.24, 2.45) is 5.92 Å². The van der Waals surface area contributed by atoms with Crippen LogP contribution >= 0.6 is 0 Å². The van der Waals surface area contributed by atoms with Crippen molar-refractivity contribution in [3.8, 4) is 0 Å². The maximum Gasteiger partial charge on any atom is 0.00387 e. The van der Waals surface area contributed by atoms with E-state index in [4.69, 9.17) is 0 Å². The van der Waals surface area contributed by atoms with Gasteiger partial charge >= 0.3 is 0 Å². The smallest absolute Gasteiger partial charge is 0.00387 e. The van der Waals surface area contributed by atoms with Crippen LogP contribution in [0, 0.1) is 5.92 Å². The van der Waals surface area contributed by atoms with Crippen LogP contribution in [0.2, 0.25) is 0 Å². The molecule has 1 heterocycles. The predicted molar refractivity (Wildman–Crippen MR) is 75.5 cm³/mol. The van der Waals surface area contributed by atoms with Crippen LogP contribution in [0.5, 0.6) is 0 Å². The first-order valence-electron chi connectivity index (χ1n) is 7.19. The number of hydrogen-bond donors (Lipinski definition) is 1. The van der Waals surface area contributed by atoms with Crippen molar-refractivity contribution in [1.82, 2.24) is 15.1 Å².